The Bertz CT molecular complexity index is 813. The highest BCUT2D eigenvalue weighted by Gasteiger charge is 2.25. The number of rotatable bonds is 3. The Hall–Kier alpha value is -2.62. The van der Waals surface area contributed by atoms with Crippen LogP contribution < -0.4 is 9.80 Å². The van der Waals surface area contributed by atoms with Gasteiger partial charge in [-0.2, -0.15) is 0 Å². The van der Waals surface area contributed by atoms with Crippen molar-refractivity contribution in [3.63, 3.8) is 0 Å². The largest absolute Gasteiger partial charge is 0.369 e. The van der Waals surface area contributed by atoms with Gasteiger partial charge in [-0.3, -0.25) is 0 Å². The number of hydrogen-bond donors (Lipinski definition) is 0. The van der Waals surface area contributed by atoms with Crippen molar-refractivity contribution in [3.8, 4) is 0 Å². The Morgan fingerprint density at radius 3 is 2.67 bits per heavy atom. The van der Waals surface area contributed by atoms with Gasteiger partial charge in [-0.1, -0.05) is 30.3 Å². The van der Waals surface area contributed by atoms with Crippen LogP contribution in [0, 0.1) is 0 Å². The Morgan fingerprint density at radius 1 is 1.00 bits per heavy atom. The molecule has 0 bridgehead atoms. The average Bonchev–Trinajstić information content (AvgIpc) is 2.68. The third kappa shape index (κ3) is 2.80. The van der Waals surface area contributed by atoms with E-state index in [2.05, 4.69) is 69.3 Å². The molecule has 4 heteroatoms. The number of aromatic nitrogens is 2. The van der Waals surface area contributed by atoms with E-state index in [0.717, 1.165) is 29.8 Å². The van der Waals surface area contributed by atoms with Crippen molar-refractivity contribution in [2.45, 2.75) is 18.9 Å². The molecule has 122 valence electrons. The molecular weight excluding hydrogens is 296 g/mol. The van der Waals surface area contributed by atoms with Crippen LogP contribution in [0.25, 0.3) is 10.9 Å². The van der Waals surface area contributed by atoms with Crippen molar-refractivity contribution < 1.29 is 0 Å². The first-order chi connectivity index (χ1) is 11.8. The van der Waals surface area contributed by atoms with Gasteiger partial charge in [0.15, 0.2) is 0 Å². The minimum Gasteiger partial charge on any atom is -0.369 e. The molecule has 1 aliphatic rings. The Kier molecular flexibility index (Phi) is 4.03. The molecule has 4 rings (SSSR count). The number of hydrogen-bond acceptors (Lipinski definition) is 4. The summed E-state index contributed by atoms with van der Waals surface area (Å²) in [5.74, 6) is 1.03. The molecule has 1 aliphatic heterocycles. The molecule has 24 heavy (non-hydrogen) atoms. The van der Waals surface area contributed by atoms with E-state index >= 15 is 0 Å². The Labute approximate surface area is 142 Å². The van der Waals surface area contributed by atoms with Gasteiger partial charge in [-0.15, -0.1) is 0 Å². The standard InChI is InChI=1S/C20H22N4/c1-23(20-18-11-5-6-12-19(18)21-15-22-20)17-10-7-13-24(14-17)16-8-3-2-4-9-16/h2-6,8-9,11-12,15,17H,7,10,13-14H2,1H3. The molecule has 0 radical (unpaired) electrons. The van der Waals surface area contributed by atoms with Crippen molar-refractivity contribution in [2.75, 3.05) is 29.9 Å². The maximum absolute atomic E-state index is 4.58. The first kappa shape index (κ1) is 14.9. The molecule has 4 nitrogen and oxygen atoms in total. The summed E-state index contributed by atoms with van der Waals surface area (Å²) in [6.45, 7) is 2.15. The quantitative estimate of drug-likeness (QED) is 0.736. The summed E-state index contributed by atoms with van der Waals surface area (Å²) in [5, 5.41) is 1.12. The fraction of sp³-hybridized carbons (Fsp3) is 0.300. The molecule has 0 aliphatic carbocycles. The van der Waals surface area contributed by atoms with Crippen LogP contribution in [-0.4, -0.2) is 36.1 Å². The van der Waals surface area contributed by atoms with Gasteiger partial charge in [0.25, 0.3) is 0 Å². The molecule has 3 aromatic rings. The average molecular weight is 318 g/mol. The molecular formula is C20H22N4. The third-order valence-electron chi connectivity index (χ3n) is 4.92. The number of likely N-dealkylation sites (N-methyl/N-ethyl adjacent to an activating group) is 1. The lowest BCUT2D eigenvalue weighted by Crippen LogP contribution is -2.47. The van der Waals surface area contributed by atoms with Crippen LogP contribution in [0.4, 0.5) is 11.5 Å². The minimum atomic E-state index is 0.456. The molecule has 0 spiro atoms. The molecule has 1 fully saturated rings. The lowest BCUT2D eigenvalue weighted by Gasteiger charge is -2.39. The van der Waals surface area contributed by atoms with E-state index in [1.165, 1.54) is 18.5 Å². The number of benzene rings is 2. The maximum atomic E-state index is 4.58. The van der Waals surface area contributed by atoms with Crippen LogP contribution in [0.1, 0.15) is 12.8 Å². The van der Waals surface area contributed by atoms with Crippen molar-refractivity contribution in [1.29, 1.82) is 0 Å². The van der Waals surface area contributed by atoms with E-state index in [1.807, 2.05) is 12.1 Å². The van der Waals surface area contributed by atoms with Gasteiger partial charge >= 0.3 is 0 Å². The van der Waals surface area contributed by atoms with Crippen LogP contribution in [-0.2, 0) is 0 Å². The second-order valence-corrected chi connectivity index (χ2v) is 6.40. The van der Waals surface area contributed by atoms with E-state index < -0.39 is 0 Å². The number of anilines is 2. The van der Waals surface area contributed by atoms with E-state index in [0.29, 0.717) is 6.04 Å². The first-order valence-electron chi connectivity index (χ1n) is 8.55. The van der Waals surface area contributed by atoms with Gasteiger partial charge in [-0.25, -0.2) is 9.97 Å². The van der Waals surface area contributed by atoms with Crippen LogP contribution in [0.5, 0.6) is 0 Å². The zero-order valence-corrected chi connectivity index (χ0v) is 14.0. The van der Waals surface area contributed by atoms with Crippen molar-refractivity contribution >= 4 is 22.4 Å². The summed E-state index contributed by atoms with van der Waals surface area (Å²) in [6, 6.07) is 19.4. The predicted octanol–water partition coefficient (Wildman–Crippen LogP) is 3.74. The number of para-hydroxylation sites is 2. The molecule has 1 saturated heterocycles. The molecule has 2 heterocycles. The molecule has 2 aromatic carbocycles. The Balaban J connectivity index is 1.60. The van der Waals surface area contributed by atoms with Gasteiger partial charge < -0.3 is 9.80 Å². The zero-order chi connectivity index (χ0) is 16.4. The highest BCUT2D eigenvalue weighted by Crippen LogP contribution is 2.27. The number of piperidine rings is 1. The van der Waals surface area contributed by atoms with Crippen LogP contribution in [0.15, 0.2) is 60.9 Å². The topological polar surface area (TPSA) is 32.3 Å². The smallest absolute Gasteiger partial charge is 0.139 e. The fourth-order valence-corrected chi connectivity index (χ4v) is 3.59. The minimum absolute atomic E-state index is 0.456. The highest BCUT2D eigenvalue weighted by atomic mass is 15.3. The summed E-state index contributed by atoms with van der Waals surface area (Å²) < 4.78 is 0. The predicted molar refractivity (Wildman–Crippen MR) is 99.6 cm³/mol. The molecule has 0 amide bonds. The van der Waals surface area contributed by atoms with E-state index in [9.17, 15) is 0 Å². The lowest BCUT2D eigenvalue weighted by atomic mass is 10.0. The maximum Gasteiger partial charge on any atom is 0.139 e. The summed E-state index contributed by atoms with van der Waals surface area (Å²) in [7, 11) is 2.16. The van der Waals surface area contributed by atoms with E-state index in [-0.39, 0.29) is 0 Å². The van der Waals surface area contributed by atoms with E-state index in [4.69, 9.17) is 0 Å². The Morgan fingerprint density at radius 2 is 1.79 bits per heavy atom. The van der Waals surface area contributed by atoms with Crippen LogP contribution in [0.3, 0.4) is 0 Å². The van der Waals surface area contributed by atoms with Gasteiger partial charge in [0, 0.05) is 37.3 Å². The highest BCUT2D eigenvalue weighted by molar-refractivity contribution is 5.89. The zero-order valence-electron chi connectivity index (χ0n) is 14.0. The molecule has 0 N–H and O–H groups in total. The fourth-order valence-electron chi connectivity index (χ4n) is 3.59. The second kappa shape index (κ2) is 6.48. The first-order valence-corrected chi connectivity index (χ1v) is 8.55. The van der Waals surface area contributed by atoms with Gasteiger partial charge in [0.1, 0.15) is 12.1 Å². The van der Waals surface area contributed by atoms with Crippen molar-refractivity contribution in [3.05, 3.63) is 60.9 Å². The van der Waals surface area contributed by atoms with E-state index in [1.54, 1.807) is 6.33 Å². The third-order valence-corrected chi connectivity index (χ3v) is 4.92. The number of fused-ring (bicyclic) bond motifs is 1. The van der Waals surface area contributed by atoms with Crippen LogP contribution >= 0.6 is 0 Å². The lowest BCUT2D eigenvalue weighted by molar-refractivity contribution is 0.486. The summed E-state index contributed by atoms with van der Waals surface area (Å²) in [6.07, 6.45) is 4.07. The molecule has 1 unspecified atom stereocenters. The SMILES string of the molecule is CN(c1ncnc2ccccc12)C1CCCN(c2ccccc2)C1. The van der Waals surface area contributed by atoms with Gasteiger partial charge in [0.05, 0.1) is 5.52 Å². The summed E-state index contributed by atoms with van der Waals surface area (Å²) in [5.41, 5.74) is 2.31. The van der Waals surface area contributed by atoms with Gasteiger partial charge in [-0.05, 0) is 37.1 Å². The van der Waals surface area contributed by atoms with Crippen molar-refractivity contribution in [2.24, 2.45) is 0 Å². The molecule has 1 aromatic heterocycles. The van der Waals surface area contributed by atoms with Crippen LogP contribution in [0.2, 0.25) is 0 Å². The van der Waals surface area contributed by atoms with Gasteiger partial charge in [0.2, 0.25) is 0 Å². The summed E-state index contributed by atoms with van der Waals surface area (Å²) in [4.78, 5) is 13.8. The molecule has 1 atom stereocenters. The van der Waals surface area contributed by atoms with Crippen molar-refractivity contribution in [1.82, 2.24) is 9.97 Å². The second-order valence-electron chi connectivity index (χ2n) is 6.40. The summed E-state index contributed by atoms with van der Waals surface area (Å²) >= 11 is 0. The number of nitrogens with zero attached hydrogens (tertiary/aromatic N) is 4. The normalized spacial score (nSPS) is 17.9. The monoisotopic (exact) mass is 318 g/mol. The molecule has 0 saturated carbocycles.